The summed E-state index contributed by atoms with van der Waals surface area (Å²) in [6.45, 7) is 4.81. The summed E-state index contributed by atoms with van der Waals surface area (Å²) in [6.07, 6.45) is 8.37. The van der Waals surface area contributed by atoms with Gasteiger partial charge in [-0.3, -0.25) is 14.3 Å². The molecule has 0 unspecified atom stereocenters. The van der Waals surface area contributed by atoms with Crippen molar-refractivity contribution in [3.63, 3.8) is 0 Å². The summed E-state index contributed by atoms with van der Waals surface area (Å²) in [6, 6.07) is 6.20. The standard InChI is InChI=1S/C37H45N5O7S2/c1-22(2)30-21-50-34(40-30)29-17-33(27-13-10-24(48-3)15-28(27)39-29)49-25-16-31-32(43)19-37(35(44)41-51(46,47)26-11-12-26)18-23(37)9-7-5-4-6-8-14-38-36(45)42(31)20-25/h7,9-10,13,15,17,21-23,25-26,31H,4-6,8,11-12,14,16,18-20H2,1-3H3,(H,38,45)(H,41,44)/b9-7-/t23-,25-,31+,37-/m1/s1. The Hall–Kier alpha value is -4.04. The van der Waals surface area contributed by atoms with Crippen molar-refractivity contribution in [1.82, 2.24) is 24.9 Å². The minimum Gasteiger partial charge on any atom is -0.497 e. The van der Waals surface area contributed by atoms with Crippen LogP contribution in [0.25, 0.3) is 21.6 Å². The lowest BCUT2D eigenvalue weighted by atomic mass is 9.91. The Labute approximate surface area is 302 Å². The van der Waals surface area contributed by atoms with E-state index in [-0.39, 0.29) is 43.0 Å². The number of allylic oxidation sites excluding steroid dienone is 2. The number of ketones is 1. The van der Waals surface area contributed by atoms with E-state index in [2.05, 4.69) is 23.9 Å². The average molecular weight is 736 g/mol. The second kappa shape index (κ2) is 14.2. The molecular weight excluding hydrogens is 691 g/mol. The smallest absolute Gasteiger partial charge is 0.318 e. The van der Waals surface area contributed by atoms with Crippen LogP contribution in [0.5, 0.6) is 11.5 Å². The minimum absolute atomic E-state index is 0.158. The number of fused-ring (bicyclic) bond motifs is 3. The van der Waals surface area contributed by atoms with Crippen LogP contribution in [0.2, 0.25) is 0 Å². The normalized spacial score (nSPS) is 26.4. The van der Waals surface area contributed by atoms with Gasteiger partial charge in [0.05, 0.1) is 41.6 Å². The van der Waals surface area contributed by atoms with Crippen LogP contribution in [0, 0.1) is 11.3 Å². The van der Waals surface area contributed by atoms with Crippen molar-refractivity contribution in [3.8, 4) is 22.2 Å². The molecule has 51 heavy (non-hydrogen) atoms. The lowest BCUT2D eigenvalue weighted by Crippen LogP contribution is -2.48. The Morgan fingerprint density at radius 3 is 2.71 bits per heavy atom. The summed E-state index contributed by atoms with van der Waals surface area (Å²) < 4.78 is 40.0. The van der Waals surface area contributed by atoms with Crippen LogP contribution in [0.1, 0.15) is 83.2 Å². The number of urea groups is 1. The summed E-state index contributed by atoms with van der Waals surface area (Å²) >= 11 is 1.51. The summed E-state index contributed by atoms with van der Waals surface area (Å²) in [4.78, 5) is 52.8. The molecule has 2 aromatic heterocycles. The SMILES string of the molecule is COc1ccc2c(O[C@@H]3C[C@H]4C(=O)C[C@]5(C(=O)NS(=O)(=O)C6CC6)C[C@H]5/C=C\CCCCCNC(=O)N4C3)cc(-c3nc(C(C)C)cs3)nc2c1. The molecule has 12 nitrogen and oxygen atoms in total. The molecule has 2 aliphatic heterocycles. The van der Waals surface area contributed by atoms with Gasteiger partial charge in [-0.15, -0.1) is 11.3 Å². The van der Waals surface area contributed by atoms with E-state index in [0.29, 0.717) is 48.5 Å². The van der Waals surface area contributed by atoms with Crippen molar-refractivity contribution in [2.45, 2.75) is 94.9 Å². The Morgan fingerprint density at radius 2 is 1.96 bits per heavy atom. The number of nitrogens with one attached hydrogen (secondary N) is 2. The van der Waals surface area contributed by atoms with Crippen molar-refractivity contribution < 1.29 is 32.3 Å². The van der Waals surface area contributed by atoms with Crippen LogP contribution in [0.15, 0.2) is 41.8 Å². The molecule has 1 saturated heterocycles. The Morgan fingerprint density at radius 1 is 1.14 bits per heavy atom. The minimum atomic E-state index is -3.80. The summed E-state index contributed by atoms with van der Waals surface area (Å²) in [5.41, 5.74) is 1.10. The number of hydrogen-bond acceptors (Lipinski definition) is 10. The first-order valence-corrected chi connectivity index (χ1v) is 20.3. The van der Waals surface area contributed by atoms with Crippen molar-refractivity contribution in [2.75, 3.05) is 20.2 Å². The zero-order valence-corrected chi connectivity index (χ0v) is 30.9. The molecule has 4 aliphatic rings. The fourth-order valence-electron chi connectivity index (χ4n) is 7.14. The van der Waals surface area contributed by atoms with Gasteiger partial charge in [-0.25, -0.2) is 23.2 Å². The Bertz CT molecular complexity index is 1970. The third-order valence-electron chi connectivity index (χ3n) is 10.5. The molecule has 2 saturated carbocycles. The van der Waals surface area contributed by atoms with Crippen LogP contribution in [-0.2, 0) is 19.6 Å². The lowest BCUT2D eigenvalue weighted by molar-refractivity contribution is -0.131. The number of benzene rings is 1. The molecule has 14 heteroatoms. The second-order valence-corrected chi connectivity index (χ2v) is 17.4. The predicted molar refractivity (Wildman–Crippen MR) is 194 cm³/mol. The largest absolute Gasteiger partial charge is 0.497 e. The van der Waals surface area contributed by atoms with Crippen molar-refractivity contribution in [2.24, 2.45) is 11.3 Å². The van der Waals surface area contributed by atoms with Gasteiger partial charge in [0.2, 0.25) is 15.9 Å². The maximum absolute atomic E-state index is 14.3. The van der Waals surface area contributed by atoms with Gasteiger partial charge in [0.25, 0.3) is 0 Å². The van der Waals surface area contributed by atoms with E-state index < -0.39 is 38.7 Å². The molecular formula is C37H45N5O7S2. The predicted octanol–water partition coefficient (Wildman–Crippen LogP) is 5.73. The molecule has 3 aromatic rings. The summed E-state index contributed by atoms with van der Waals surface area (Å²) in [5.74, 6) is 0.289. The van der Waals surface area contributed by atoms with Crippen molar-refractivity contribution in [3.05, 3.63) is 47.5 Å². The van der Waals surface area contributed by atoms with Gasteiger partial charge in [-0.05, 0) is 62.5 Å². The van der Waals surface area contributed by atoms with Gasteiger partial charge in [0.15, 0.2) is 5.78 Å². The van der Waals surface area contributed by atoms with E-state index in [1.54, 1.807) is 7.11 Å². The number of thiazole rings is 1. The maximum Gasteiger partial charge on any atom is 0.318 e. The molecule has 2 aliphatic carbocycles. The summed E-state index contributed by atoms with van der Waals surface area (Å²) in [7, 11) is -2.20. The van der Waals surface area contributed by atoms with E-state index in [0.717, 1.165) is 41.8 Å². The van der Waals surface area contributed by atoms with Crippen molar-refractivity contribution in [1.29, 1.82) is 0 Å². The van der Waals surface area contributed by atoms with Crippen LogP contribution >= 0.6 is 11.3 Å². The van der Waals surface area contributed by atoms with E-state index in [4.69, 9.17) is 19.4 Å². The Balaban J connectivity index is 1.18. The third kappa shape index (κ3) is 7.48. The first kappa shape index (κ1) is 35.4. The van der Waals surface area contributed by atoms with Crippen molar-refractivity contribution >= 4 is 50.0 Å². The highest BCUT2D eigenvalue weighted by Gasteiger charge is 2.61. The number of Topliss-reactive ketones (excluding diaryl/α,β-unsaturated/α-hetero) is 1. The third-order valence-corrected chi connectivity index (χ3v) is 13.2. The lowest BCUT2D eigenvalue weighted by Gasteiger charge is -2.25. The van der Waals surface area contributed by atoms with Gasteiger partial charge >= 0.3 is 6.03 Å². The fraction of sp³-hybridized carbons (Fsp3) is 0.541. The molecule has 272 valence electrons. The van der Waals surface area contributed by atoms with Crippen LogP contribution in [0.3, 0.4) is 0 Å². The molecule has 3 fully saturated rings. The maximum atomic E-state index is 14.3. The molecule has 0 bridgehead atoms. The molecule has 0 radical (unpaired) electrons. The second-order valence-electron chi connectivity index (χ2n) is 14.6. The molecule has 7 rings (SSSR count). The van der Waals surface area contributed by atoms with Gasteiger partial charge in [-0.2, -0.15) is 0 Å². The van der Waals surface area contributed by atoms with Gasteiger partial charge < -0.3 is 19.7 Å². The molecule has 1 aromatic carbocycles. The van der Waals surface area contributed by atoms with Gasteiger partial charge in [0, 0.05) is 42.3 Å². The Kier molecular flexibility index (Phi) is 9.83. The number of aromatic nitrogens is 2. The average Bonchev–Trinajstić information content (AvgIpc) is 3.97. The number of methoxy groups -OCH3 is 1. The summed E-state index contributed by atoms with van der Waals surface area (Å²) in [5, 5.41) is 5.96. The van der Waals surface area contributed by atoms with Gasteiger partial charge in [-0.1, -0.05) is 32.4 Å². The number of rotatable bonds is 8. The first-order chi connectivity index (χ1) is 24.5. The fourth-order valence-corrected chi connectivity index (χ4v) is 9.47. The number of carbonyl (C=O) groups excluding carboxylic acids is 3. The van der Waals surface area contributed by atoms with Crippen LogP contribution in [-0.4, -0.2) is 78.6 Å². The molecule has 3 amide bonds. The number of pyridine rings is 1. The van der Waals surface area contributed by atoms with E-state index in [1.165, 1.54) is 16.2 Å². The highest BCUT2D eigenvalue weighted by Crippen LogP contribution is 2.57. The molecule has 4 heterocycles. The zero-order chi connectivity index (χ0) is 35.9. The number of hydrogen-bond donors (Lipinski definition) is 2. The van der Waals surface area contributed by atoms with E-state index >= 15 is 0 Å². The number of nitrogens with zero attached hydrogens (tertiary/aromatic N) is 3. The molecule has 2 N–H and O–H groups in total. The number of amides is 3. The number of sulfonamides is 1. The van der Waals surface area contributed by atoms with Crippen LogP contribution < -0.4 is 19.5 Å². The molecule has 4 atom stereocenters. The number of ether oxygens (including phenoxy) is 2. The molecule has 0 spiro atoms. The van der Waals surface area contributed by atoms with E-state index in [9.17, 15) is 22.8 Å². The van der Waals surface area contributed by atoms with Gasteiger partial charge in [0.1, 0.15) is 28.3 Å². The first-order valence-electron chi connectivity index (χ1n) is 17.9. The highest BCUT2D eigenvalue weighted by atomic mass is 32.2. The highest BCUT2D eigenvalue weighted by molar-refractivity contribution is 7.90. The number of carbonyl (C=O) groups is 3. The quantitative estimate of drug-likeness (QED) is 0.276. The monoisotopic (exact) mass is 735 g/mol. The zero-order valence-electron chi connectivity index (χ0n) is 29.2. The topological polar surface area (TPSA) is 157 Å². The van der Waals surface area contributed by atoms with E-state index in [1.807, 2.05) is 41.8 Å². The van der Waals surface area contributed by atoms with Crippen LogP contribution in [0.4, 0.5) is 4.79 Å².